The molecule has 1 aromatic heterocycles. The second kappa shape index (κ2) is 7.70. The molecule has 0 saturated carbocycles. The lowest BCUT2D eigenvalue weighted by atomic mass is 9.98. The molecule has 4 nitrogen and oxygen atoms in total. The Balaban J connectivity index is 1.82. The largest absolute Gasteiger partial charge is 0.345 e. The van der Waals surface area contributed by atoms with Crippen LogP contribution in [0.4, 0.5) is 0 Å². The van der Waals surface area contributed by atoms with Crippen LogP contribution in [0.1, 0.15) is 22.9 Å². The van der Waals surface area contributed by atoms with Gasteiger partial charge in [0, 0.05) is 23.6 Å². The first-order chi connectivity index (χ1) is 11.7. The molecule has 0 bridgehead atoms. The first-order valence-corrected chi connectivity index (χ1v) is 7.95. The van der Waals surface area contributed by atoms with Crippen molar-refractivity contribution in [2.75, 3.05) is 0 Å². The molecule has 0 aliphatic rings. The van der Waals surface area contributed by atoms with Gasteiger partial charge in [0.2, 0.25) is 5.91 Å². The lowest BCUT2D eigenvalue weighted by Gasteiger charge is -2.20. The Morgan fingerprint density at radius 2 is 1.71 bits per heavy atom. The third-order valence-electron chi connectivity index (χ3n) is 3.60. The van der Waals surface area contributed by atoms with Crippen LogP contribution < -0.4 is 5.32 Å². The maximum Gasteiger partial charge on any atom is 0.226 e. The number of carbonyl (C=O) groups is 1. The van der Waals surface area contributed by atoms with Crippen molar-refractivity contribution in [3.8, 4) is 0 Å². The van der Waals surface area contributed by atoms with Gasteiger partial charge in [0.1, 0.15) is 0 Å². The van der Waals surface area contributed by atoms with Crippen LogP contribution in [0.2, 0.25) is 5.02 Å². The van der Waals surface area contributed by atoms with E-state index in [9.17, 15) is 4.79 Å². The van der Waals surface area contributed by atoms with E-state index in [2.05, 4.69) is 15.3 Å². The van der Waals surface area contributed by atoms with Gasteiger partial charge in [0.05, 0.1) is 18.2 Å². The summed E-state index contributed by atoms with van der Waals surface area (Å²) in [5, 5.41) is 3.73. The molecule has 0 unspecified atom stereocenters. The molecule has 24 heavy (non-hydrogen) atoms. The number of nitrogens with zero attached hydrogens (tertiary/aromatic N) is 2. The molecule has 1 atom stereocenters. The standard InChI is InChI=1S/C19H16ClN3O/c20-16-8-6-15(7-9-16)19(14-4-2-1-3-5-14)23-18(24)12-17-13-21-10-11-22-17/h1-11,13,19H,12H2,(H,23,24)/t19-/m0/s1. The van der Waals surface area contributed by atoms with Gasteiger partial charge in [-0.1, -0.05) is 54.1 Å². The Morgan fingerprint density at radius 3 is 2.38 bits per heavy atom. The highest BCUT2D eigenvalue weighted by Crippen LogP contribution is 2.23. The molecule has 1 heterocycles. The smallest absolute Gasteiger partial charge is 0.226 e. The number of benzene rings is 2. The van der Waals surface area contributed by atoms with Gasteiger partial charge in [-0.25, -0.2) is 0 Å². The van der Waals surface area contributed by atoms with Gasteiger partial charge in [0.25, 0.3) is 0 Å². The molecule has 0 aliphatic carbocycles. The van der Waals surface area contributed by atoms with Crippen LogP contribution in [-0.4, -0.2) is 15.9 Å². The average molecular weight is 338 g/mol. The van der Waals surface area contributed by atoms with Gasteiger partial charge in [0.15, 0.2) is 0 Å². The van der Waals surface area contributed by atoms with Gasteiger partial charge in [-0.3, -0.25) is 14.8 Å². The lowest BCUT2D eigenvalue weighted by Crippen LogP contribution is -2.30. The molecule has 3 aromatic rings. The predicted molar refractivity (Wildman–Crippen MR) is 93.6 cm³/mol. The Labute approximate surface area is 145 Å². The summed E-state index contributed by atoms with van der Waals surface area (Å²) in [5.41, 5.74) is 2.61. The van der Waals surface area contributed by atoms with Crippen molar-refractivity contribution in [2.24, 2.45) is 0 Å². The van der Waals surface area contributed by atoms with E-state index < -0.39 is 0 Å². The minimum absolute atomic E-state index is 0.112. The van der Waals surface area contributed by atoms with Gasteiger partial charge in [-0.2, -0.15) is 0 Å². The third-order valence-corrected chi connectivity index (χ3v) is 3.85. The minimum Gasteiger partial charge on any atom is -0.345 e. The summed E-state index contributed by atoms with van der Waals surface area (Å²) in [4.78, 5) is 20.6. The number of halogens is 1. The fourth-order valence-electron chi connectivity index (χ4n) is 2.46. The van der Waals surface area contributed by atoms with E-state index >= 15 is 0 Å². The highest BCUT2D eigenvalue weighted by atomic mass is 35.5. The van der Waals surface area contributed by atoms with E-state index in [0.29, 0.717) is 10.7 Å². The van der Waals surface area contributed by atoms with Crippen molar-refractivity contribution >= 4 is 17.5 Å². The SMILES string of the molecule is O=C(Cc1cnccn1)N[C@@H](c1ccccc1)c1ccc(Cl)cc1. The van der Waals surface area contributed by atoms with E-state index in [-0.39, 0.29) is 18.4 Å². The molecule has 0 radical (unpaired) electrons. The fourth-order valence-corrected chi connectivity index (χ4v) is 2.58. The van der Waals surface area contributed by atoms with Gasteiger partial charge < -0.3 is 5.32 Å². The molecule has 0 fully saturated rings. The molecule has 1 N–H and O–H groups in total. The van der Waals surface area contributed by atoms with Crippen molar-refractivity contribution in [3.05, 3.63) is 95.0 Å². The summed E-state index contributed by atoms with van der Waals surface area (Å²) in [6, 6.07) is 17.1. The first-order valence-electron chi connectivity index (χ1n) is 7.57. The fraction of sp³-hybridized carbons (Fsp3) is 0.105. The molecule has 2 aromatic carbocycles. The lowest BCUT2D eigenvalue weighted by molar-refractivity contribution is -0.121. The van der Waals surface area contributed by atoms with Crippen LogP contribution in [0.5, 0.6) is 0 Å². The summed E-state index contributed by atoms with van der Waals surface area (Å²) in [5.74, 6) is -0.112. The third kappa shape index (κ3) is 4.18. The monoisotopic (exact) mass is 337 g/mol. The molecule has 5 heteroatoms. The van der Waals surface area contributed by atoms with Crippen molar-refractivity contribution in [1.29, 1.82) is 0 Å². The van der Waals surface area contributed by atoms with Gasteiger partial charge in [-0.15, -0.1) is 0 Å². The predicted octanol–water partition coefficient (Wildman–Crippen LogP) is 3.58. The molecular formula is C19H16ClN3O. The Morgan fingerprint density at radius 1 is 1.00 bits per heavy atom. The second-order valence-corrected chi connectivity index (χ2v) is 5.77. The molecular weight excluding hydrogens is 322 g/mol. The van der Waals surface area contributed by atoms with E-state index in [0.717, 1.165) is 11.1 Å². The van der Waals surface area contributed by atoms with Crippen LogP contribution in [0.3, 0.4) is 0 Å². The number of nitrogens with one attached hydrogen (secondary N) is 1. The van der Waals surface area contributed by atoms with E-state index in [4.69, 9.17) is 11.6 Å². The molecule has 3 rings (SSSR count). The summed E-state index contributed by atoms with van der Waals surface area (Å²) < 4.78 is 0. The van der Waals surface area contributed by atoms with Crippen molar-refractivity contribution in [1.82, 2.24) is 15.3 Å². The molecule has 0 saturated heterocycles. The molecule has 1 amide bonds. The van der Waals surface area contributed by atoms with Crippen molar-refractivity contribution in [2.45, 2.75) is 12.5 Å². The second-order valence-electron chi connectivity index (χ2n) is 5.34. The number of rotatable bonds is 5. The van der Waals surface area contributed by atoms with E-state index in [1.165, 1.54) is 0 Å². The zero-order valence-corrected chi connectivity index (χ0v) is 13.6. The topological polar surface area (TPSA) is 54.9 Å². The number of hydrogen-bond acceptors (Lipinski definition) is 3. The minimum atomic E-state index is -0.243. The van der Waals surface area contributed by atoms with Crippen molar-refractivity contribution < 1.29 is 4.79 Å². The summed E-state index contributed by atoms with van der Waals surface area (Å²) >= 11 is 5.97. The summed E-state index contributed by atoms with van der Waals surface area (Å²) in [6.07, 6.45) is 4.95. The molecule has 0 aliphatic heterocycles. The number of aromatic nitrogens is 2. The van der Waals surface area contributed by atoms with E-state index in [1.807, 2.05) is 54.6 Å². The summed E-state index contributed by atoms with van der Waals surface area (Å²) in [6.45, 7) is 0. The molecule has 0 spiro atoms. The quantitative estimate of drug-likeness (QED) is 0.774. The van der Waals surface area contributed by atoms with Gasteiger partial charge >= 0.3 is 0 Å². The van der Waals surface area contributed by atoms with Crippen LogP contribution in [0.25, 0.3) is 0 Å². The average Bonchev–Trinajstić information content (AvgIpc) is 2.62. The Hall–Kier alpha value is -2.72. The normalized spacial score (nSPS) is 11.7. The van der Waals surface area contributed by atoms with Crippen LogP contribution in [0.15, 0.2) is 73.2 Å². The van der Waals surface area contributed by atoms with Crippen molar-refractivity contribution in [3.63, 3.8) is 0 Å². The summed E-state index contributed by atoms with van der Waals surface area (Å²) in [7, 11) is 0. The highest BCUT2D eigenvalue weighted by molar-refractivity contribution is 6.30. The van der Waals surface area contributed by atoms with Crippen LogP contribution in [-0.2, 0) is 11.2 Å². The Bertz CT molecular complexity index is 792. The van der Waals surface area contributed by atoms with E-state index in [1.54, 1.807) is 18.6 Å². The van der Waals surface area contributed by atoms with Crippen LogP contribution >= 0.6 is 11.6 Å². The zero-order valence-electron chi connectivity index (χ0n) is 12.9. The number of amides is 1. The zero-order chi connectivity index (χ0) is 16.8. The van der Waals surface area contributed by atoms with Gasteiger partial charge in [-0.05, 0) is 23.3 Å². The van der Waals surface area contributed by atoms with Crippen LogP contribution in [0, 0.1) is 0 Å². The maximum absolute atomic E-state index is 12.4. The highest BCUT2D eigenvalue weighted by Gasteiger charge is 2.17. The molecule has 120 valence electrons. The Kier molecular flexibility index (Phi) is 5.18. The first kappa shape index (κ1) is 16.1. The number of hydrogen-bond donors (Lipinski definition) is 1. The number of carbonyl (C=O) groups excluding carboxylic acids is 1. The maximum atomic E-state index is 12.4.